The van der Waals surface area contributed by atoms with E-state index in [1.807, 2.05) is 35.0 Å². The molecule has 1 saturated heterocycles. The number of aryl methyl sites for hydroxylation is 1. The largest absolute Gasteiger partial charge is 0.399 e. The molecule has 31 heavy (non-hydrogen) atoms. The fourth-order valence-electron chi connectivity index (χ4n) is 4.20. The molecular formula is C24H27N7. The molecule has 1 aliphatic heterocycles. The zero-order valence-corrected chi connectivity index (χ0v) is 17.9. The van der Waals surface area contributed by atoms with Crippen molar-refractivity contribution in [2.45, 2.75) is 6.92 Å². The maximum atomic E-state index is 6.21. The number of fused-ring (bicyclic) bond motifs is 1. The van der Waals surface area contributed by atoms with Gasteiger partial charge in [-0.3, -0.25) is 4.90 Å². The van der Waals surface area contributed by atoms with Gasteiger partial charge in [-0.1, -0.05) is 0 Å². The summed E-state index contributed by atoms with van der Waals surface area (Å²) in [5, 5.41) is 4.50. The summed E-state index contributed by atoms with van der Waals surface area (Å²) < 4.78 is 1.85. The van der Waals surface area contributed by atoms with Crippen molar-refractivity contribution in [2.75, 3.05) is 48.8 Å². The fourth-order valence-corrected chi connectivity index (χ4v) is 4.20. The number of nitrogen functional groups attached to an aromatic ring is 1. The quantitative estimate of drug-likeness (QED) is 0.513. The summed E-state index contributed by atoms with van der Waals surface area (Å²) in [5.74, 6) is 0.910. The Morgan fingerprint density at radius 2 is 1.65 bits per heavy atom. The van der Waals surface area contributed by atoms with E-state index >= 15 is 0 Å². The smallest absolute Gasteiger partial charge is 0.157 e. The van der Waals surface area contributed by atoms with Crippen LogP contribution in [0.1, 0.15) is 5.56 Å². The lowest BCUT2D eigenvalue weighted by molar-refractivity contribution is 0.313. The highest BCUT2D eigenvalue weighted by atomic mass is 15.3. The highest BCUT2D eigenvalue weighted by Gasteiger charge is 2.19. The van der Waals surface area contributed by atoms with Gasteiger partial charge in [0.2, 0.25) is 0 Å². The maximum Gasteiger partial charge on any atom is 0.157 e. The Bertz CT molecular complexity index is 1170. The van der Waals surface area contributed by atoms with E-state index in [0.717, 1.165) is 60.3 Å². The molecule has 5 rings (SSSR count). The number of nitrogens with two attached hydrogens (primary N) is 1. The molecular weight excluding hydrogens is 386 g/mol. The van der Waals surface area contributed by atoms with Crippen molar-refractivity contribution >= 4 is 34.2 Å². The van der Waals surface area contributed by atoms with Crippen LogP contribution in [-0.4, -0.2) is 52.7 Å². The average molecular weight is 414 g/mol. The Morgan fingerprint density at radius 3 is 2.39 bits per heavy atom. The first-order valence-electron chi connectivity index (χ1n) is 10.6. The molecule has 0 radical (unpaired) electrons. The molecule has 3 heterocycles. The van der Waals surface area contributed by atoms with Gasteiger partial charge in [-0.15, -0.1) is 0 Å². The van der Waals surface area contributed by atoms with Gasteiger partial charge in [-0.05, 0) is 68.1 Å². The van der Waals surface area contributed by atoms with Crippen LogP contribution in [0.4, 0.5) is 28.6 Å². The van der Waals surface area contributed by atoms with E-state index in [-0.39, 0.29) is 0 Å². The van der Waals surface area contributed by atoms with Crippen LogP contribution in [0.15, 0.2) is 67.0 Å². The molecule has 0 amide bonds. The minimum atomic E-state index is 0.736. The van der Waals surface area contributed by atoms with Crippen molar-refractivity contribution < 1.29 is 0 Å². The molecule has 0 spiro atoms. The van der Waals surface area contributed by atoms with Crippen LogP contribution in [0.2, 0.25) is 0 Å². The number of likely N-dealkylation sites (N-methyl/N-ethyl adjacent to an activating group) is 1. The second-order valence-electron chi connectivity index (χ2n) is 8.15. The number of aromatic nitrogens is 3. The van der Waals surface area contributed by atoms with Crippen molar-refractivity contribution in [2.24, 2.45) is 0 Å². The molecule has 2 aromatic heterocycles. The number of rotatable bonds is 4. The Balaban J connectivity index is 1.58. The van der Waals surface area contributed by atoms with Crippen LogP contribution in [0.5, 0.6) is 0 Å². The van der Waals surface area contributed by atoms with E-state index in [2.05, 4.69) is 69.1 Å². The van der Waals surface area contributed by atoms with Gasteiger partial charge in [-0.25, -0.2) is 4.98 Å². The van der Waals surface area contributed by atoms with Crippen LogP contribution < -0.4 is 15.5 Å². The Hall–Kier alpha value is -3.58. The molecule has 0 atom stereocenters. The second-order valence-corrected chi connectivity index (χ2v) is 8.15. The van der Waals surface area contributed by atoms with Crippen LogP contribution in [0.3, 0.4) is 0 Å². The first kappa shape index (κ1) is 19.4. The van der Waals surface area contributed by atoms with Crippen LogP contribution in [-0.2, 0) is 0 Å². The third-order valence-corrected chi connectivity index (χ3v) is 5.82. The molecule has 2 aromatic carbocycles. The lowest BCUT2D eigenvalue weighted by atomic mass is 10.1. The lowest BCUT2D eigenvalue weighted by Gasteiger charge is -2.34. The van der Waals surface area contributed by atoms with E-state index in [0.29, 0.717) is 0 Å². The number of hydrogen-bond acceptors (Lipinski definition) is 6. The van der Waals surface area contributed by atoms with Crippen LogP contribution in [0.25, 0.3) is 5.65 Å². The predicted octanol–water partition coefficient (Wildman–Crippen LogP) is 3.84. The van der Waals surface area contributed by atoms with Crippen LogP contribution in [0, 0.1) is 6.92 Å². The summed E-state index contributed by atoms with van der Waals surface area (Å²) in [4.78, 5) is 11.4. The van der Waals surface area contributed by atoms with E-state index in [4.69, 9.17) is 5.73 Å². The Kier molecular flexibility index (Phi) is 4.95. The number of anilines is 5. The summed E-state index contributed by atoms with van der Waals surface area (Å²) in [6.45, 7) is 6.33. The van der Waals surface area contributed by atoms with Gasteiger partial charge in [0.15, 0.2) is 5.65 Å². The predicted molar refractivity (Wildman–Crippen MR) is 127 cm³/mol. The van der Waals surface area contributed by atoms with Crippen molar-refractivity contribution in [1.82, 2.24) is 19.5 Å². The molecule has 4 aromatic rings. The van der Waals surface area contributed by atoms with Gasteiger partial charge in [0, 0.05) is 61.2 Å². The van der Waals surface area contributed by atoms with Gasteiger partial charge < -0.3 is 15.5 Å². The first-order valence-corrected chi connectivity index (χ1v) is 10.6. The lowest BCUT2D eigenvalue weighted by Crippen LogP contribution is -2.44. The third kappa shape index (κ3) is 3.80. The van der Waals surface area contributed by atoms with Crippen molar-refractivity contribution in [3.05, 3.63) is 72.6 Å². The summed E-state index contributed by atoms with van der Waals surface area (Å²) in [6.07, 6.45) is 3.59. The fraction of sp³-hybridized carbons (Fsp3) is 0.250. The van der Waals surface area contributed by atoms with Gasteiger partial charge in [0.1, 0.15) is 5.82 Å². The van der Waals surface area contributed by atoms with Gasteiger partial charge in [0.25, 0.3) is 0 Å². The Morgan fingerprint density at radius 1 is 0.871 bits per heavy atom. The minimum Gasteiger partial charge on any atom is -0.399 e. The molecule has 0 unspecified atom stereocenters. The maximum absolute atomic E-state index is 6.21. The molecule has 2 N–H and O–H groups in total. The summed E-state index contributed by atoms with van der Waals surface area (Å²) in [7, 11) is 2.18. The summed E-state index contributed by atoms with van der Waals surface area (Å²) in [5.41, 5.74) is 12.1. The monoisotopic (exact) mass is 413 g/mol. The summed E-state index contributed by atoms with van der Waals surface area (Å²) in [6, 6.07) is 18.7. The zero-order valence-electron chi connectivity index (χ0n) is 17.9. The van der Waals surface area contributed by atoms with E-state index < -0.39 is 0 Å². The molecule has 0 bridgehead atoms. The molecule has 0 aliphatic carbocycles. The normalized spacial score (nSPS) is 14.8. The van der Waals surface area contributed by atoms with E-state index in [1.54, 1.807) is 6.20 Å². The van der Waals surface area contributed by atoms with Gasteiger partial charge >= 0.3 is 0 Å². The average Bonchev–Trinajstić information content (AvgIpc) is 3.24. The molecule has 7 nitrogen and oxygen atoms in total. The highest BCUT2D eigenvalue weighted by Crippen LogP contribution is 2.36. The standard InChI is InChI=1S/C24H27N7/c1-18-15-19(25)17-22(16-18)30(24-8-9-26-23-7-10-27-31(23)24)21-5-3-20(4-6-21)29-13-11-28(2)12-14-29/h3-10,15-17H,11-14,25H2,1-2H3. The zero-order chi connectivity index (χ0) is 21.4. The topological polar surface area (TPSA) is 65.9 Å². The number of benzene rings is 2. The highest BCUT2D eigenvalue weighted by molar-refractivity contribution is 5.78. The Labute approximate surface area is 182 Å². The first-order chi connectivity index (χ1) is 15.1. The van der Waals surface area contributed by atoms with Gasteiger partial charge in [-0.2, -0.15) is 9.61 Å². The molecule has 1 aliphatic rings. The van der Waals surface area contributed by atoms with Crippen LogP contribution >= 0.6 is 0 Å². The number of piperazine rings is 1. The summed E-state index contributed by atoms with van der Waals surface area (Å²) >= 11 is 0. The number of nitrogens with zero attached hydrogens (tertiary/aromatic N) is 6. The SMILES string of the molecule is Cc1cc(N)cc(N(c2ccc(N3CCN(C)CC3)cc2)c2ccnc3ccnn23)c1. The minimum absolute atomic E-state index is 0.736. The second kappa shape index (κ2) is 7.92. The molecule has 158 valence electrons. The van der Waals surface area contributed by atoms with Crippen molar-refractivity contribution in [3.8, 4) is 0 Å². The van der Waals surface area contributed by atoms with E-state index in [1.165, 1.54) is 5.69 Å². The van der Waals surface area contributed by atoms with Crippen molar-refractivity contribution in [1.29, 1.82) is 0 Å². The third-order valence-electron chi connectivity index (χ3n) is 5.82. The molecule has 0 saturated carbocycles. The van der Waals surface area contributed by atoms with Crippen molar-refractivity contribution in [3.63, 3.8) is 0 Å². The molecule has 7 heteroatoms. The molecule has 1 fully saturated rings. The van der Waals surface area contributed by atoms with E-state index in [9.17, 15) is 0 Å². The van der Waals surface area contributed by atoms with Gasteiger partial charge in [0.05, 0.1) is 6.20 Å². The number of hydrogen-bond donors (Lipinski definition) is 1.